The average Bonchev–Trinajstić information content (AvgIpc) is 2.73. The van der Waals surface area contributed by atoms with Gasteiger partial charge in [0, 0.05) is 18.5 Å². The minimum absolute atomic E-state index is 0.0587. The van der Waals surface area contributed by atoms with Crippen LogP contribution in [0, 0.1) is 5.41 Å². The van der Waals surface area contributed by atoms with Crippen molar-refractivity contribution in [3.8, 4) is 0 Å². The van der Waals surface area contributed by atoms with Gasteiger partial charge in [-0.2, -0.15) is 0 Å². The van der Waals surface area contributed by atoms with E-state index in [-0.39, 0.29) is 11.4 Å². The first-order valence-corrected chi connectivity index (χ1v) is 5.94. The van der Waals surface area contributed by atoms with Crippen molar-refractivity contribution in [1.82, 2.24) is 10.6 Å². The summed E-state index contributed by atoms with van der Waals surface area (Å²) in [7, 11) is 0. The van der Waals surface area contributed by atoms with E-state index < -0.39 is 0 Å². The molecule has 1 aliphatic carbocycles. The normalized spacial score (nSPS) is 18.8. The Morgan fingerprint density at radius 1 is 1.33 bits per heavy atom. The van der Waals surface area contributed by atoms with E-state index in [9.17, 15) is 4.79 Å². The maximum atomic E-state index is 11.4. The highest BCUT2D eigenvalue weighted by atomic mass is 16.2. The quantitative estimate of drug-likeness (QED) is 0.642. The van der Waals surface area contributed by atoms with Crippen LogP contribution in [0.5, 0.6) is 0 Å². The third-order valence-electron chi connectivity index (χ3n) is 3.26. The van der Waals surface area contributed by atoms with E-state index in [2.05, 4.69) is 10.6 Å². The number of nitrogens with two attached hydrogens (primary N) is 1. The lowest BCUT2D eigenvalue weighted by molar-refractivity contribution is 0.229. The Morgan fingerprint density at radius 2 is 2.00 bits per heavy atom. The highest BCUT2D eigenvalue weighted by molar-refractivity contribution is 5.73. The van der Waals surface area contributed by atoms with E-state index in [4.69, 9.17) is 5.73 Å². The van der Waals surface area contributed by atoms with Crippen LogP contribution < -0.4 is 16.4 Å². The van der Waals surface area contributed by atoms with Crippen molar-refractivity contribution in [3.05, 3.63) is 0 Å². The molecule has 15 heavy (non-hydrogen) atoms. The number of rotatable bonds is 5. The number of hydrogen-bond donors (Lipinski definition) is 3. The van der Waals surface area contributed by atoms with Crippen LogP contribution in [0.25, 0.3) is 0 Å². The van der Waals surface area contributed by atoms with Crippen molar-refractivity contribution >= 4 is 6.03 Å². The van der Waals surface area contributed by atoms with Gasteiger partial charge in [-0.3, -0.25) is 0 Å². The fraction of sp³-hybridized carbons (Fsp3) is 0.909. The van der Waals surface area contributed by atoms with Gasteiger partial charge in [-0.15, -0.1) is 0 Å². The molecule has 0 aromatic heterocycles. The smallest absolute Gasteiger partial charge is 0.314 e. The SMILES string of the molecule is CCCNC(=O)NCC1(CN)CCCC1. The van der Waals surface area contributed by atoms with Crippen molar-refractivity contribution in [2.24, 2.45) is 11.1 Å². The molecule has 2 amide bonds. The average molecular weight is 213 g/mol. The minimum atomic E-state index is -0.0587. The number of carbonyl (C=O) groups excluding carboxylic acids is 1. The van der Waals surface area contributed by atoms with Crippen LogP contribution in [0.15, 0.2) is 0 Å². The zero-order valence-corrected chi connectivity index (χ0v) is 9.64. The summed E-state index contributed by atoms with van der Waals surface area (Å²) in [4.78, 5) is 11.4. The summed E-state index contributed by atoms with van der Waals surface area (Å²) < 4.78 is 0. The van der Waals surface area contributed by atoms with Crippen LogP contribution in [0.1, 0.15) is 39.0 Å². The summed E-state index contributed by atoms with van der Waals surface area (Å²) >= 11 is 0. The number of carbonyl (C=O) groups is 1. The molecule has 0 aliphatic heterocycles. The summed E-state index contributed by atoms with van der Waals surface area (Å²) in [6.45, 7) is 4.18. The van der Waals surface area contributed by atoms with E-state index in [1.54, 1.807) is 0 Å². The summed E-state index contributed by atoms with van der Waals surface area (Å²) in [5.41, 5.74) is 5.95. The molecule has 1 aliphatic rings. The molecule has 0 unspecified atom stereocenters. The van der Waals surface area contributed by atoms with Crippen molar-refractivity contribution in [2.75, 3.05) is 19.6 Å². The van der Waals surface area contributed by atoms with E-state index in [1.807, 2.05) is 6.92 Å². The van der Waals surface area contributed by atoms with E-state index in [1.165, 1.54) is 12.8 Å². The van der Waals surface area contributed by atoms with Crippen LogP contribution >= 0.6 is 0 Å². The third-order valence-corrected chi connectivity index (χ3v) is 3.26. The number of urea groups is 1. The Kier molecular flexibility index (Phi) is 4.88. The second-order valence-corrected chi connectivity index (χ2v) is 4.52. The maximum absolute atomic E-state index is 11.4. The summed E-state index contributed by atoms with van der Waals surface area (Å²) in [6, 6.07) is -0.0587. The van der Waals surface area contributed by atoms with Crippen LogP contribution in [-0.2, 0) is 0 Å². The molecule has 4 heteroatoms. The maximum Gasteiger partial charge on any atom is 0.314 e. The molecule has 0 atom stereocenters. The Morgan fingerprint density at radius 3 is 2.53 bits per heavy atom. The summed E-state index contributed by atoms with van der Waals surface area (Å²) in [5, 5.41) is 5.73. The van der Waals surface area contributed by atoms with E-state index in [0.717, 1.165) is 32.4 Å². The minimum Gasteiger partial charge on any atom is -0.338 e. The van der Waals surface area contributed by atoms with Crippen LogP contribution in [0.4, 0.5) is 4.79 Å². The van der Waals surface area contributed by atoms with Gasteiger partial charge in [0.15, 0.2) is 0 Å². The molecule has 1 saturated carbocycles. The van der Waals surface area contributed by atoms with Gasteiger partial charge in [-0.1, -0.05) is 19.8 Å². The molecule has 0 saturated heterocycles. The van der Waals surface area contributed by atoms with Gasteiger partial charge < -0.3 is 16.4 Å². The predicted molar refractivity (Wildman–Crippen MR) is 61.6 cm³/mol. The van der Waals surface area contributed by atoms with Gasteiger partial charge in [0.2, 0.25) is 0 Å². The molecule has 0 bridgehead atoms. The zero-order valence-electron chi connectivity index (χ0n) is 9.64. The second kappa shape index (κ2) is 5.95. The number of hydrogen-bond acceptors (Lipinski definition) is 2. The monoisotopic (exact) mass is 213 g/mol. The first-order valence-electron chi connectivity index (χ1n) is 5.94. The third kappa shape index (κ3) is 3.70. The Hall–Kier alpha value is -0.770. The van der Waals surface area contributed by atoms with Crippen molar-refractivity contribution in [2.45, 2.75) is 39.0 Å². The van der Waals surface area contributed by atoms with Crippen molar-refractivity contribution in [1.29, 1.82) is 0 Å². The predicted octanol–water partition coefficient (Wildman–Crippen LogP) is 1.21. The molecule has 1 fully saturated rings. The molecule has 0 spiro atoms. The molecule has 1 rings (SSSR count). The van der Waals surface area contributed by atoms with Crippen molar-refractivity contribution in [3.63, 3.8) is 0 Å². The summed E-state index contributed by atoms with van der Waals surface area (Å²) in [5.74, 6) is 0. The van der Waals surface area contributed by atoms with Crippen LogP contribution in [-0.4, -0.2) is 25.7 Å². The Labute approximate surface area is 92.0 Å². The highest BCUT2D eigenvalue weighted by Gasteiger charge is 2.32. The van der Waals surface area contributed by atoms with Gasteiger partial charge in [0.05, 0.1) is 0 Å². The van der Waals surface area contributed by atoms with Crippen molar-refractivity contribution < 1.29 is 4.79 Å². The fourth-order valence-electron chi connectivity index (χ4n) is 2.15. The van der Waals surface area contributed by atoms with Gasteiger partial charge in [0.1, 0.15) is 0 Å². The molecule has 4 N–H and O–H groups in total. The standard InChI is InChI=1S/C11H23N3O/c1-2-7-13-10(15)14-9-11(8-12)5-3-4-6-11/h2-9,12H2,1H3,(H2,13,14,15). The molecular weight excluding hydrogens is 190 g/mol. The first-order chi connectivity index (χ1) is 7.22. The van der Waals surface area contributed by atoms with Gasteiger partial charge in [-0.25, -0.2) is 4.79 Å². The van der Waals surface area contributed by atoms with Gasteiger partial charge in [0.25, 0.3) is 0 Å². The molecule has 0 aromatic carbocycles. The molecule has 0 radical (unpaired) electrons. The van der Waals surface area contributed by atoms with E-state index in [0.29, 0.717) is 6.54 Å². The molecule has 0 aromatic rings. The largest absolute Gasteiger partial charge is 0.338 e. The molecular formula is C11H23N3O. The lowest BCUT2D eigenvalue weighted by atomic mass is 9.86. The first kappa shape index (κ1) is 12.3. The second-order valence-electron chi connectivity index (χ2n) is 4.52. The van der Waals surface area contributed by atoms with Gasteiger partial charge in [-0.05, 0) is 25.8 Å². The molecule has 0 heterocycles. The topological polar surface area (TPSA) is 67.2 Å². The molecule has 88 valence electrons. The Bertz CT molecular complexity index is 200. The lowest BCUT2D eigenvalue weighted by Gasteiger charge is -2.27. The summed E-state index contributed by atoms with van der Waals surface area (Å²) in [6.07, 6.45) is 5.76. The molecule has 4 nitrogen and oxygen atoms in total. The van der Waals surface area contributed by atoms with Crippen LogP contribution in [0.2, 0.25) is 0 Å². The zero-order chi connectivity index (χ0) is 11.1. The fourth-order valence-corrected chi connectivity index (χ4v) is 2.15. The Balaban J connectivity index is 2.25. The van der Waals surface area contributed by atoms with Crippen LogP contribution in [0.3, 0.4) is 0 Å². The lowest BCUT2D eigenvalue weighted by Crippen LogP contribution is -2.44. The number of nitrogens with one attached hydrogen (secondary N) is 2. The van der Waals surface area contributed by atoms with E-state index >= 15 is 0 Å². The number of amides is 2. The highest BCUT2D eigenvalue weighted by Crippen LogP contribution is 2.36. The van der Waals surface area contributed by atoms with Gasteiger partial charge >= 0.3 is 6.03 Å².